The summed E-state index contributed by atoms with van der Waals surface area (Å²) >= 11 is 7.53. The first-order valence-corrected chi connectivity index (χ1v) is 11.7. The van der Waals surface area contributed by atoms with Crippen molar-refractivity contribution >= 4 is 45.7 Å². The lowest BCUT2D eigenvalue weighted by Gasteiger charge is -2.21. The van der Waals surface area contributed by atoms with E-state index in [1.54, 1.807) is 12.1 Å². The molecule has 2 atom stereocenters. The van der Waals surface area contributed by atoms with Crippen molar-refractivity contribution in [2.24, 2.45) is 0 Å². The van der Waals surface area contributed by atoms with E-state index in [2.05, 4.69) is 32.5 Å². The van der Waals surface area contributed by atoms with Gasteiger partial charge in [0, 0.05) is 46.0 Å². The zero-order valence-corrected chi connectivity index (χ0v) is 18.8. The lowest BCUT2D eigenvalue weighted by molar-refractivity contribution is 0.0889. The average molecular weight is 458 g/mol. The number of hydrogen-bond donors (Lipinski definition) is 3. The highest BCUT2D eigenvalue weighted by Gasteiger charge is 2.32. The summed E-state index contributed by atoms with van der Waals surface area (Å²) in [6, 6.07) is 7.08. The van der Waals surface area contributed by atoms with Crippen molar-refractivity contribution in [2.45, 2.75) is 44.3 Å². The molecule has 9 heteroatoms. The molecule has 3 N–H and O–H groups in total. The van der Waals surface area contributed by atoms with Gasteiger partial charge >= 0.3 is 0 Å². The van der Waals surface area contributed by atoms with Gasteiger partial charge in [-0.3, -0.25) is 9.59 Å². The van der Waals surface area contributed by atoms with Crippen molar-refractivity contribution in [3.63, 3.8) is 0 Å². The SMILES string of the molecule is CN1CCc2sc(C(=O)N[C@H]3CCC[C@@H]3NC(=O)c3cc4cc(Cl)ccc4[nH]3)nc2C1. The molecule has 0 saturated heterocycles. The van der Waals surface area contributed by atoms with Crippen LogP contribution in [0.5, 0.6) is 0 Å². The van der Waals surface area contributed by atoms with Crippen LogP contribution < -0.4 is 10.6 Å². The van der Waals surface area contributed by atoms with Gasteiger partial charge in [-0.25, -0.2) is 4.98 Å². The highest BCUT2D eigenvalue weighted by Crippen LogP contribution is 2.26. The molecule has 0 radical (unpaired) electrons. The molecule has 3 aromatic rings. The highest BCUT2D eigenvalue weighted by molar-refractivity contribution is 7.13. The van der Waals surface area contributed by atoms with Crippen molar-refractivity contribution in [3.8, 4) is 0 Å². The van der Waals surface area contributed by atoms with Crippen LogP contribution >= 0.6 is 22.9 Å². The summed E-state index contributed by atoms with van der Waals surface area (Å²) in [5, 5.41) is 8.25. The Labute approximate surface area is 189 Å². The minimum atomic E-state index is -0.175. The normalized spacial score (nSPS) is 21.2. The van der Waals surface area contributed by atoms with Crippen LogP contribution in [0.4, 0.5) is 0 Å². The number of aromatic amines is 1. The third kappa shape index (κ3) is 4.20. The minimum Gasteiger partial charge on any atom is -0.351 e. The van der Waals surface area contributed by atoms with E-state index in [1.807, 2.05) is 12.1 Å². The second kappa shape index (κ2) is 8.26. The Morgan fingerprint density at radius 1 is 1.19 bits per heavy atom. The molecule has 0 unspecified atom stereocenters. The molecule has 1 aliphatic heterocycles. The second-order valence-electron chi connectivity index (χ2n) is 8.38. The van der Waals surface area contributed by atoms with Gasteiger partial charge in [0.25, 0.3) is 11.8 Å². The van der Waals surface area contributed by atoms with Gasteiger partial charge in [-0.1, -0.05) is 11.6 Å². The van der Waals surface area contributed by atoms with Gasteiger partial charge in [0.15, 0.2) is 5.01 Å². The number of carbonyl (C=O) groups is 2. The number of aromatic nitrogens is 2. The summed E-state index contributed by atoms with van der Waals surface area (Å²) in [5.41, 5.74) is 2.37. The molecule has 1 fully saturated rings. The number of rotatable bonds is 4. The Morgan fingerprint density at radius 3 is 2.77 bits per heavy atom. The summed E-state index contributed by atoms with van der Waals surface area (Å²) in [4.78, 5) is 36.8. The number of carbonyl (C=O) groups excluding carboxylic acids is 2. The summed E-state index contributed by atoms with van der Waals surface area (Å²) in [6.07, 6.45) is 3.57. The maximum absolute atomic E-state index is 12.8. The molecule has 7 nitrogen and oxygen atoms in total. The third-order valence-corrected chi connectivity index (χ3v) is 7.48. The van der Waals surface area contributed by atoms with Crippen molar-refractivity contribution in [1.29, 1.82) is 0 Å². The molecule has 31 heavy (non-hydrogen) atoms. The molecule has 0 spiro atoms. The summed E-state index contributed by atoms with van der Waals surface area (Å²) in [5.74, 6) is -0.320. The fraction of sp³-hybridized carbons (Fsp3) is 0.409. The van der Waals surface area contributed by atoms with Gasteiger partial charge in [-0.15, -0.1) is 11.3 Å². The molecule has 2 aliphatic rings. The van der Waals surface area contributed by atoms with Gasteiger partial charge < -0.3 is 20.5 Å². The van der Waals surface area contributed by atoms with Gasteiger partial charge in [-0.05, 0) is 57.0 Å². The Hall–Kier alpha value is -2.42. The standard InChI is InChI=1S/C22H24ClN5O2S/c1-28-8-7-19-18(11-28)27-22(31-19)21(30)26-16-4-2-3-15(16)25-20(29)17-10-12-9-13(23)5-6-14(12)24-17/h5-6,9-10,15-16,24H,2-4,7-8,11H2,1H3,(H,25,29)(H,26,30)/t15-,16-/m0/s1. The van der Waals surface area contributed by atoms with Crippen LogP contribution in [0.3, 0.4) is 0 Å². The van der Waals surface area contributed by atoms with Gasteiger partial charge in [-0.2, -0.15) is 0 Å². The Bertz CT molecular complexity index is 1160. The molecule has 1 aliphatic carbocycles. The van der Waals surface area contributed by atoms with Gasteiger partial charge in [0.05, 0.1) is 5.69 Å². The predicted molar refractivity (Wildman–Crippen MR) is 122 cm³/mol. The van der Waals surface area contributed by atoms with Crippen LogP contribution in [-0.4, -0.2) is 52.4 Å². The number of thiazole rings is 1. The zero-order chi connectivity index (χ0) is 21.5. The number of fused-ring (bicyclic) bond motifs is 2. The minimum absolute atomic E-state index is 0.0983. The molecule has 2 amide bonds. The maximum Gasteiger partial charge on any atom is 0.280 e. The first-order valence-electron chi connectivity index (χ1n) is 10.5. The molecule has 3 heterocycles. The lowest BCUT2D eigenvalue weighted by Crippen LogP contribution is -2.48. The van der Waals surface area contributed by atoms with Crippen LogP contribution in [0.25, 0.3) is 10.9 Å². The van der Waals surface area contributed by atoms with Crippen molar-refractivity contribution in [1.82, 2.24) is 25.5 Å². The Balaban J connectivity index is 1.25. The molecule has 1 saturated carbocycles. The van der Waals surface area contributed by atoms with Crippen LogP contribution in [0.2, 0.25) is 5.02 Å². The van der Waals surface area contributed by atoms with E-state index >= 15 is 0 Å². The molecule has 0 bridgehead atoms. The Morgan fingerprint density at radius 2 is 1.97 bits per heavy atom. The largest absolute Gasteiger partial charge is 0.351 e. The highest BCUT2D eigenvalue weighted by atomic mass is 35.5. The number of H-pyrrole nitrogens is 1. The van der Waals surface area contributed by atoms with E-state index in [4.69, 9.17) is 11.6 Å². The molecule has 2 aromatic heterocycles. The summed E-state index contributed by atoms with van der Waals surface area (Å²) in [7, 11) is 2.07. The van der Waals surface area contributed by atoms with Crippen LogP contribution in [0.1, 0.15) is 50.1 Å². The van der Waals surface area contributed by atoms with E-state index < -0.39 is 0 Å². The van der Waals surface area contributed by atoms with Crippen molar-refractivity contribution in [3.05, 3.63) is 50.6 Å². The fourth-order valence-electron chi connectivity index (χ4n) is 4.43. The first kappa shape index (κ1) is 20.5. The second-order valence-corrected chi connectivity index (χ2v) is 9.90. The molecular weight excluding hydrogens is 434 g/mol. The summed E-state index contributed by atoms with van der Waals surface area (Å²) < 4.78 is 0. The smallest absolute Gasteiger partial charge is 0.280 e. The lowest BCUT2D eigenvalue weighted by atomic mass is 10.1. The predicted octanol–water partition coefficient (Wildman–Crippen LogP) is 3.35. The van der Waals surface area contributed by atoms with E-state index in [-0.39, 0.29) is 23.9 Å². The number of benzene rings is 1. The van der Waals surface area contributed by atoms with E-state index in [0.717, 1.165) is 55.4 Å². The van der Waals surface area contributed by atoms with Gasteiger partial charge in [0.2, 0.25) is 0 Å². The number of hydrogen-bond acceptors (Lipinski definition) is 5. The Kier molecular flexibility index (Phi) is 5.45. The van der Waals surface area contributed by atoms with Gasteiger partial charge in [0.1, 0.15) is 5.69 Å². The average Bonchev–Trinajstić information content (AvgIpc) is 3.45. The van der Waals surface area contributed by atoms with Crippen LogP contribution in [0, 0.1) is 0 Å². The molecule has 1 aromatic carbocycles. The zero-order valence-electron chi connectivity index (χ0n) is 17.2. The van der Waals surface area contributed by atoms with E-state index in [0.29, 0.717) is 15.7 Å². The molecule has 5 rings (SSSR count). The fourth-order valence-corrected chi connectivity index (χ4v) is 5.58. The van der Waals surface area contributed by atoms with E-state index in [9.17, 15) is 9.59 Å². The monoisotopic (exact) mass is 457 g/mol. The number of nitrogens with one attached hydrogen (secondary N) is 3. The van der Waals surface area contributed by atoms with Crippen molar-refractivity contribution in [2.75, 3.05) is 13.6 Å². The van der Waals surface area contributed by atoms with Crippen LogP contribution in [-0.2, 0) is 13.0 Å². The summed E-state index contributed by atoms with van der Waals surface area (Å²) in [6.45, 7) is 1.78. The topological polar surface area (TPSA) is 90.1 Å². The third-order valence-electron chi connectivity index (χ3n) is 6.09. The maximum atomic E-state index is 12.8. The molecular formula is C22H24ClN5O2S. The quantitative estimate of drug-likeness (QED) is 0.560. The number of likely N-dealkylation sites (N-methyl/N-ethyl adjacent to an activating group) is 1. The number of halogens is 1. The molecule has 162 valence electrons. The number of amides is 2. The number of nitrogens with zero attached hydrogens (tertiary/aromatic N) is 2. The first-order chi connectivity index (χ1) is 15.0. The van der Waals surface area contributed by atoms with Crippen LogP contribution in [0.15, 0.2) is 24.3 Å². The van der Waals surface area contributed by atoms with Crippen molar-refractivity contribution < 1.29 is 9.59 Å². The van der Waals surface area contributed by atoms with E-state index in [1.165, 1.54) is 16.2 Å².